The summed E-state index contributed by atoms with van der Waals surface area (Å²) in [6.45, 7) is 0. The first-order chi connectivity index (χ1) is 8.62. The summed E-state index contributed by atoms with van der Waals surface area (Å²) in [5, 5.41) is 19.6. The maximum absolute atomic E-state index is 10.8. The Hall–Kier alpha value is -1.44. The molecule has 1 aromatic heterocycles. The lowest BCUT2D eigenvalue weighted by atomic mass is 9.83. The molecule has 0 radical (unpaired) electrons. The Kier molecular flexibility index (Phi) is 2.61. The zero-order valence-electron chi connectivity index (χ0n) is 10.5. The van der Waals surface area contributed by atoms with Gasteiger partial charge in [0.2, 0.25) is 0 Å². The van der Waals surface area contributed by atoms with Gasteiger partial charge in [-0.15, -0.1) is 0 Å². The van der Waals surface area contributed by atoms with Gasteiger partial charge in [0.15, 0.2) is 0 Å². The summed E-state index contributed by atoms with van der Waals surface area (Å²) in [4.78, 5) is 6.66. The van der Waals surface area contributed by atoms with Gasteiger partial charge in [0.05, 0.1) is 11.3 Å². The van der Waals surface area contributed by atoms with Crippen molar-refractivity contribution < 1.29 is 5.11 Å². The van der Waals surface area contributed by atoms with Crippen LogP contribution in [0.3, 0.4) is 0 Å². The van der Waals surface area contributed by atoms with Crippen LogP contribution in [-0.2, 0) is 5.60 Å². The number of aliphatic hydroxyl groups is 1. The highest BCUT2D eigenvalue weighted by Gasteiger charge is 2.47. The van der Waals surface area contributed by atoms with E-state index in [1.807, 2.05) is 0 Å². The fraction of sp³-hybridized carbons (Fsp3) is 0.571. The molecule has 2 fully saturated rings. The first-order valence-electron chi connectivity index (χ1n) is 6.43. The molecule has 4 heteroatoms. The van der Waals surface area contributed by atoms with Crippen LogP contribution in [0.4, 0.5) is 0 Å². The van der Waals surface area contributed by atoms with E-state index in [-0.39, 0.29) is 0 Å². The van der Waals surface area contributed by atoms with E-state index >= 15 is 0 Å². The van der Waals surface area contributed by atoms with E-state index < -0.39 is 5.60 Å². The molecule has 2 aliphatic rings. The summed E-state index contributed by atoms with van der Waals surface area (Å²) in [6, 6.07) is 6.51. The second kappa shape index (κ2) is 4.04. The summed E-state index contributed by atoms with van der Waals surface area (Å²) in [6.07, 6.45) is 5.38. The van der Waals surface area contributed by atoms with Crippen LogP contribution in [0.1, 0.15) is 36.9 Å². The third-order valence-electron chi connectivity index (χ3n) is 4.50. The Balaban J connectivity index is 1.89. The number of aromatic nitrogens is 1. The average Bonchev–Trinajstić information content (AvgIpc) is 2.63. The number of hydrogen-bond donors (Lipinski definition) is 1. The van der Waals surface area contributed by atoms with E-state index in [0.29, 0.717) is 23.3 Å². The highest BCUT2D eigenvalue weighted by Crippen LogP contribution is 2.44. The van der Waals surface area contributed by atoms with Crippen molar-refractivity contribution in [1.82, 2.24) is 9.88 Å². The molecule has 2 unspecified atom stereocenters. The van der Waals surface area contributed by atoms with Crippen molar-refractivity contribution in [3.05, 3.63) is 29.6 Å². The van der Waals surface area contributed by atoms with Crippen molar-refractivity contribution in [1.29, 1.82) is 5.26 Å². The van der Waals surface area contributed by atoms with Gasteiger partial charge in [-0.3, -0.25) is 4.98 Å². The lowest BCUT2D eigenvalue weighted by Gasteiger charge is -2.41. The van der Waals surface area contributed by atoms with Gasteiger partial charge < -0.3 is 10.0 Å². The number of hydrogen-bond acceptors (Lipinski definition) is 4. The van der Waals surface area contributed by atoms with Gasteiger partial charge in [-0.25, -0.2) is 0 Å². The quantitative estimate of drug-likeness (QED) is 0.810. The smallest absolute Gasteiger partial charge is 0.109 e. The second-order valence-corrected chi connectivity index (χ2v) is 5.53. The van der Waals surface area contributed by atoms with Gasteiger partial charge >= 0.3 is 0 Å². The van der Waals surface area contributed by atoms with Gasteiger partial charge in [-0.05, 0) is 44.9 Å². The maximum Gasteiger partial charge on any atom is 0.109 e. The Bertz CT molecular complexity index is 477. The van der Waals surface area contributed by atoms with Crippen LogP contribution in [-0.4, -0.2) is 34.1 Å². The molecule has 0 aromatic carbocycles. The molecule has 0 amide bonds. The number of piperidine rings is 1. The van der Waals surface area contributed by atoms with E-state index in [0.717, 1.165) is 12.8 Å². The van der Waals surface area contributed by atoms with Crippen LogP contribution in [0.2, 0.25) is 0 Å². The molecule has 3 heterocycles. The monoisotopic (exact) mass is 243 g/mol. The molecule has 2 atom stereocenters. The molecule has 1 N–H and O–H groups in total. The van der Waals surface area contributed by atoms with Crippen LogP contribution in [0, 0.1) is 11.3 Å². The topological polar surface area (TPSA) is 60.1 Å². The summed E-state index contributed by atoms with van der Waals surface area (Å²) in [7, 11) is 2.15. The molecule has 4 nitrogen and oxygen atoms in total. The predicted octanol–water partition coefficient (Wildman–Crippen LogP) is 1.40. The minimum Gasteiger partial charge on any atom is -0.383 e. The molecule has 0 saturated carbocycles. The van der Waals surface area contributed by atoms with Crippen molar-refractivity contribution >= 4 is 0 Å². The first-order valence-corrected chi connectivity index (χ1v) is 6.43. The molecule has 18 heavy (non-hydrogen) atoms. The maximum atomic E-state index is 10.8. The minimum absolute atomic E-state index is 0.464. The van der Waals surface area contributed by atoms with E-state index in [1.54, 1.807) is 18.3 Å². The number of nitrogens with zero attached hydrogens (tertiary/aromatic N) is 3. The van der Waals surface area contributed by atoms with Crippen molar-refractivity contribution in [3.8, 4) is 6.07 Å². The Morgan fingerprint density at radius 1 is 1.39 bits per heavy atom. The standard InChI is InChI=1S/C14H17N3O/c1-17-11-3-4-12(17)7-14(18,6-11)13-5-2-10(8-15)9-16-13/h2,5,9,11-12,18H,3-4,6-7H2,1H3. The normalized spacial score (nSPS) is 35.4. The molecule has 2 bridgehead atoms. The van der Waals surface area contributed by atoms with Gasteiger partial charge in [-0.1, -0.05) is 0 Å². The van der Waals surface area contributed by atoms with Gasteiger partial charge in [0.25, 0.3) is 0 Å². The minimum atomic E-state index is -0.813. The molecular formula is C14H17N3O. The van der Waals surface area contributed by atoms with Gasteiger partial charge in [-0.2, -0.15) is 5.26 Å². The van der Waals surface area contributed by atoms with Crippen LogP contribution in [0.25, 0.3) is 0 Å². The van der Waals surface area contributed by atoms with Gasteiger partial charge in [0.1, 0.15) is 11.7 Å². The Morgan fingerprint density at radius 2 is 2.06 bits per heavy atom. The zero-order valence-corrected chi connectivity index (χ0v) is 10.5. The number of nitriles is 1. The third-order valence-corrected chi connectivity index (χ3v) is 4.50. The van der Waals surface area contributed by atoms with E-state index in [1.165, 1.54) is 12.8 Å². The first kappa shape index (κ1) is 11.6. The van der Waals surface area contributed by atoms with Crippen molar-refractivity contribution in [2.75, 3.05) is 7.05 Å². The van der Waals surface area contributed by atoms with E-state index in [4.69, 9.17) is 5.26 Å². The largest absolute Gasteiger partial charge is 0.383 e. The molecular weight excluding hydrogens is 226 g/mol. The van der Waals surface area contributed by atoms with Crippen LogP contribution >= 0.6 is 0 Å². The molecule has 2 aliphatic heterocycles. The summed E-state index contributed by atoms with van der Waals surface area (Å²) < 4.78 is 0. The highest BCUT2D eigenvalue weighted by atomic mass is 16.3. The average molecular weight is 243 g/mol. The predicted molar refractivity (Wildman–Crippen MR) is 66.7 cm³/mol. The van der Waals surface area contributed by atoms with Crippen LogP contribution < -0.4 is 0 Å². The second-order valence-electron chi connectivity index (χ2n) is 5.53. The number of fused-ring (bicyclic) bond motifs is 2. The third kappa shape index (κ3) is 1.71. The molecule has 94 valence electrons. The van der Waals surface area contributed by atoms with Crippen molar-refractivity contribution in [2.45, 2.75) is 43.4 Å². The number of rotatable bonds is 1. The van der Waals surface area contributed by atoms with Crippen molar-refractivity contribution in [2.24, 2.45) is 0 Å². The molecule has 0 spiro atoms. The Labute approximate surface area is 107 Å². The highest BCUT2D eigenvalue weighted by molar-refractivity contribution is 5.29. The summed E-state index contributed by atoms with van der Waals surface area (Å²) in [5.74, 6) is 0. The van der Waals surface area contributed by atoms with Crippen LogP contribution in [0.5, 0.6) is 0 Å². The fourth-order valence-corrected chi connectivity index (χ4v) is 3.39. The van der Waals surface area contributed by atoms with Gasteiger partial charge in [0, 0.05) is 18.3 Å². The zero-order chi connectivity index (χ0) is 12.8. The summed E-state index contributed by atoms with van der Waals surface area (Å²) in [5.41, 5.74) is 0.441. The Morgan fingerprint density at radius 3 is 2.56 bits per heavy atom. The van der Waals surface area contributed by atoms with Crippen LogP contribution in [0.15, 0.2) is 18.3 Å². The molecule has 2 saturated heterocycles. The molecule has 1 aromatic rings. The number of pyridine rings is 1. The van der Waals surface area contributed by atoms with E-state index in [2.05, 4.69) is 23.0 Å². The van der Waals surface area contributed by atoms with E-state index in [9.17, 15) is 5.11 Å². The fourth-order valence-electron chi connectivity index (χ4n) is 3.39. The summed E-state index contributed by atoms with van der Waals surface area (Å²) >= 11 is 0. The SMILES string of the molecule is CN1C2CCC1CC(O)(c1ccc(C#N)cn1)C2. The molecule has 3 rings (SSSR count). The van der Waals surface area contributed by atoms with Crippen molar-refractivity contribution in [3.63, 3.8) is 0 Å². The molecule has 0 aliphatic carbocycles. The lowest BCUT2D eigenvalue weighted by molar-refractivity contribution is -0.0524. The lowest BCUT2D eigenvalue weighted by Crippen LogP contribution is -2.47.